The molecule has 2 aromatic rings. The predicted molar refractivity (Wildman–Crippen MR) is 107 cm³/mol. The maximum Gasteiger partial charge on any atom is 0.335 e. The van der Waals surface area contributed by atoms with Gasteiger partial charge in [0.1, 0.15) is 0 Å². The van der Waals surface area contributed by atoms with Gasteiger partial charge in [-0.25, -0.2) is 4.79 Å². The summed E-state index contributed by atoms with van der Waals surface area (Å²) in [6.45, 7) is 2.87. The number of carboxylic acids is 1. The smallest absolute Gasteiger partial charge is 0.335 e. The molecule has 6 nitrogen and oxygen atoms in total. The fraction of sp³-hybridized carbons (Fsp3) is 0.318. The van der Waals surface area contributed by atoms with Crippen LogP contribution in [0.25, 0.3) is 0 Å². The summed E-state index contributed by atoms with van der Waals surface area (Å²) in [6, 6.07) is 13.4. The van der Waals surface area contributed by atoms with Gasteiger partial charge in [0.05, 0.1) is 12.0 Å². The maximum atomic E-state index is 12.7. The topological polar surface area (TPSA) is 86.7 Å². The van der Waals surface area contributed by atoms with Crippen LogP contribution in [-0.2, 0) is 11.2 Å². The third-order valence-corrected chi connectivity index (χ3v) is 5.05. The van der Waals surface area contributed by atoms with Gasteiger partial charge in [0, 0.05) is 23.8 Å². The quantitative estimate of drug-likeness (QED) is 0.830. The zero-order valence-corrected chi connectivity index (χ0v) is 15.9. The number of carbonyl (C=O) groups excluding carboxylic acids is 2. The highest BCUT2D eigenvalue weighted by Crippen LogP contribution is 2.20. The lowest BCUT2D eigenvalue weighted by molar-refractivity contribution is -0.115. The monoisotopic (exact) mass is 380 g/mol. The van der Waals surface area contributed by atoms with E-state index in [4.69, 9.17) is 5.11 Å². The molecule has 2 N–H and O–H groups in total. The van der Waals surface area contributed by atoms with E-state index in [1.54, 1.807) is 36.4 Å². The highest BCUT2D eigenvalue weighted by atomic mass is 16.4. The molecule has 1 aliphatic rings. The van der Waals surface area contributed by atoms with Crippen molar-refractivity contribution in [1.29, 1.82) is 0 Å². The SMILES string of the molecule is CC1CCCCN1C(=O)c1ccc(NC(=O)Cc2ccc(C(=O)O)cc2)cc1. The Bertz CT molecular complexity index is 859. The number of piperidine rings is 1. The Balaban J connectivity index is 1.58. The number of anilines is 1. The summed E-state index contributed by atoms with van der Waals surface area (Å²) in [5.74, 6) is -1.17. The lowest BCUT2D eigenvalue weighted by atomic mass is 10.0. The number of nitrogens with zero attached hydrogens (tertiary/aromatic N) is 1. The molecule has 0 aliphatic carbocycles. The number of benzene rings is 2. The van der Waals surface area contributed by atoms with Crippen LogP contribution in [0.5, 0.6) is 0 Å². The molecule has 146 valence electrons. The number of rotatable bonds is 5. The van der Waals surface area contributed by atoms with Crippen molar-refractivity contribution in [2.75, 3.05) is 11.9 Å². The maximum absolute atomic E-state index is 12.7. The van der Waals surface area contributed by atoms with Gasteiger partial charge < -0.3 is 15.3 Å². The molecule has 1 atom stereocenters. The Morgan fingerprint density at radius 3 is 2.25 bits per heavy atom. The van der Waals surface area contributed by atoms with Crippen molar-refractivity contribution in [3.63, 3.8) is 0 Å². The molecule has 1 aliphatic heterocycles. The summed E-state index contributed by atoms with van der Waals surface area (Å²) in [5.41, 5.74) is 2.16. The molecule has 2 amide bonds. The number of nitrogens with one attached hydrogen (secondary N) is 1. The molecule has 1 saturated heterocycles. The van der Waals surface area contributed by atoms with E-state index in [9.17, 15) is 14.4 Å². The predicted octanol–water partition coefficient (Wildman–Crippen LogP) is 3.58. The van der Waals surface area contributed by atoms with Gasteiger partial charge in [0.2, 0.25) is 5.91 Å². The van der Waals surface area contributed by atoms with Gasteiger partial charge in [0.25, 0.3) is 5.91 Å². The molecule has 0 bridgehead atoms. The van der Waals surface area contributed by atoms with Gasteiger partial charge in [0.15, 0.2) is 0 Å². The minimum atomic E-state index is -0.996. The number of amides is 2. The van der Waals surface area contributed by atoms with Gasteiger partial charge in [-0.3, -0.25) is 9.59 Å². The van der Waals surface area contributed by atoms with E-state index < -0.39 is 5.97 Å². The number of carboxylic acid groups (broad SMARTS) is 1. The summed E-state index contributed by atoms with van der Waals surface area (Å²) in [7, 11) is 0. The van der Waals surface area contributed by atoms with Crippen LogP contribution < -0.4 is 5.32 Å². The minimum Gasteiger partial charge on any atom is -0.478 e. The van der Waals surface area contributed by atoms with E-state index in [-0.39, 0.29) is 29.8 Å². The van der Waals surface area contributed by atoms with E-state index in [1.807, 2.05) is 4.90 Å². The van der Waals surface area contributed by atoms with E-state index >= 15 is 0 Å². The lowest BCUT2D eigenvalue weighted by Gasteiger charge is -2.33. The number of hydrogen-bond acceptors (Lipinski definition) is 3. The molecule has 6 heteroatoms. The summed E-state index contributed by atoms with van der Waals surface area (Å²) in [4.78, 5) is 37.6. The van der Waals surface area contributed by atoms with Crippen molar-refractivity contribution in [3.05, 3.63) is 65.2 Å². The molecule has 0 saturated carbocycles. The Kier molecular flexibility index (Phi) is 6.09. The summed E-state index contributed by atoms with van der Waals surface area (Å²) >= 11 is 0. The first-order valence-electron chi connectivity index (χ1n) is 9.47. The van der Waals surface area contributed by atoms with Crippen molar-refractivity contribution in [2.45, 2.75) is 38.6 Å². The molecule has 1 heterocycles. The van der Waals surface area contributed by atoms with Crippen LogP contribution in [0, 0.1) is 0 Å². The standard InChI is InChI=1S/C22H24N2O4/c1-15-4-2-3-13-24(15)21(26)17-9-11-19(12-10-17)23-20(25)14-16-5-7-18(8-6-16)22(27)28/h5-12,15H,2-4,13-14H2,1H3,(H,23,25)(H,27,28). The highest BCUT2D eigenvalue weighted by Gasteiger charge is 2.24. The van der Waals surface area contributed by atoms with Crippen molar-refractivity contribution in [3.8, 4) is 0 Å². The van der Waals surface area contributed by atoms with E-state index in [0.717, 1.165) is 31.4 Å². The lowest BCUT2D eigenvalue weighted by Crippen LogP contribution is -2.42. The van der Waals surface area contributed by atoms with Crippen LogP contribution in [0.3, 0.4) is 0 Å². The van der Waals surface area contributed by atoms with Gasteiger partial charge in [-0.2, -0.15) is 0 Å². The van der Waals surface area contributed by atoms with E-state index in [0.29, 0.717) is 11.3 Å². The van der Waals surface area contributed by atoms with Crippen LogP contribution in [0.4, 0.5) is 5.69 Å². The van der Waals surface area contributed by atoms with Crippen LogP contribution in [0.15, 0.2) is 48.5 Å². The first-order valence-corrected chi connectivity index (χ1v) is 9.47. The van der Waals surface area contributed by atoms with Gasteiger partial charge in [-0.15, -0.1) is 0 Å². The first-order chi connectivity index (χ1) is 13.4. The second kappa shape index (κ2) is 8.69. The van der Waals surface area contributed by atoms with Crippen LogP contribution in [0.1, 0.15) is 52.5 Å². The van der Waals surface area contributed by atoms with Crippen molar-refractivity contribution >= 4 is 23.5 Å². The van der Waals surface area contributed by atoms with Gasteiger partial charge in [-0.1, -0.05) is 12.1 Å². The Hall–Kier alpha value is -3.15. The van der Waals surface area contributed by atoms with Crippen LogP contribution >= 0.6 is 0 Å². The van der Waals surface area contributed by atoms with Crippen LogP contribution in [0.2, 0.25) is 0 Å². The molecule has 0 radical (unpaired) electrons. The zero-order chi connectivity index (χ0) is 20.1. The molecule has 28 heavy (non-hydrogen) atoms. The van der Waals surface area contributed by atoms with Crippen molar-refractivity contribution < 1.29 is 19.5 Å². The molecule has 1 fully saturated rings. The molecule has 2 aromatic carbocycles. The Morgan fingerprint density at radius 1 is 1.00 bits per heavy atom. The van der Waals surface area contributed by atoms with Crippen LogP contribution in [-0.4, -0.2) is 40.4 Å². The third-order valence-electron chi connectivity index (χ3n) is 5.05. The van der Waals surface area contributed by atoms with E-state index in [2.05, 4.69) is 12.2 Å². The number of hydrogen-bond donors (Lipinski definition) is 2. The molecule has 1 unspecified atom stereocenters. The summed E-state index contributed by atoms with van der Waals surface area (Å²) in [5, 5.41) is 11.7. The molecule has 0 spiro atoms. The van der Waals surface area contributed by atoms with Gasteiger partial charge in [-0.05, 0) is 68.1 Å². The molecule has 3 rings (SSSR count). The zero-order valence-electron chi connectivity index (χ0n) is 15.9. The average Bonchev–Trinajstić information content (AvgIpc) is 2.69. The molecular weight excluding hydrogens is 356 g/mol. The number of aromatic carboxylic acids is 1. The summed E-state index contributed by atoms with van der Waals surface area (Å²) < 4.78 is 0. The largest absolute Gasteiger partial charge is 0.478 e. The second-order valence-electron chi connectivity index (χ2n) is 7.15. The average molecular weight is 380 g/mol. The van der Waals surface area contributed by atoms with Crippen molar-refractivity contribution in [2.24, 2.45) is 0 Å². The molecule has 0 aromatic heterocycles. The van der Waals surface area contributed by atoms with Gasteiger partial charge >= 0.3 is 5.97 Å². The Labute approximate surface area is 164 Å². The normalized spacial score (nSPS) is 16.5. The van der Waals surface area contributed by atoms with Crippen molar-refractivity contribution in [1.82, 2.24) is 4.90 Å². The fourth-order valence-electron chi connectivity index (χ4n) is 3.42. The Morgan fingerprint density at radius 2 is 1.64 bits per heavy atom. The number of likely N-dealkylation sites (tertiary alicyclic amines) is 1. The first kappa shape index (κ1) is 19.6. The third kappa shape index (κ3) is 4.76. The van der Waals surface area contributed by atoms with E-state index in [1.165, 1.54) is 12.1 Å². The fourth-order valence-corrected chi connectivity index (χ4v) is 3.42. The minimum absolute atomic E-state index is 0.0311. The number of carbonyl (C=O) groups is 3. The summed E-state index contributed by atoms with van der Waals surface area (Å²) in [6.07, 6.45) is 3.38. The molecular formula is C22H24N2O4. The second-order valence-corrected chi connectivity index (χ2v) is 7.15. The highest BCUT2D eigenvalue weighted by molar-refractivity contribution is 5.96.